The standard InChI is InChI=1S/C93H156O16P2/c1-4-7-10-13-16-19-22-25-28-31-33-35-37-39-40-41-42-43-44-45-46-48-50-51-53-56-58-61-64-67-70-73-76-79-91(96)103-82-88(94)83-105-110(99,100)106-84-89(95)85-107-111(101,102)108-87-90(109-93(98)81-78-75-72-69-66-63-60-55-30-27-24-21-18-15-12-9-6-3)86-104-92(97)80-77-74-71-68-65-62-59-57-54-52-49-47-38-36-34-32-29-26-23-20-17-14-11-8-5-2/h8-9,11-12,16-21,25-30,33-36,39-40,47,49,60,63,69,72,88-90,94-95H,4-7,10,13-15,22-24,31-32,37-38,41-46,48,50-59,61-62,64-68,70-71,73-87H2,1-3H3,(H,99,100)(H,101,102)/b11-8-,12-9-,19-16-,20-17-,21-18-,28-25-,29-26-,30-27-,35-33-,36-34-,40-39-,49-47-,63-60-,72-69-. The Hall–Kier alpha value is -5.09. The first-order valence-corrected chi connectivity index (χ1v) is 46.4. The van der Waals surface area contributed by atoms with Crippen LogP contribution in [0.25, 0.3) is 0 Å². The van der Waals surface area contributed by atoms with Crippen molar-refractivity contribution >= 4 is 33.6 Å². The lowest BCUT2D eigenvalue weighted by molar-refractivity contribution is -0.161. The molecule has 16 nitrogen and oxygen atoms in total. The van der Waals surface area contributed by atoms with Gasteiger partial charge in [0.05, 0.1) is 26.4 Å². The van der Waals surface area contributed by atoms with Gasteiger partial charge in [-0.2, -0.15) is 0 Å². The minimum absolute atomic E-state index is 0.0197. The fraction of sp³-hybridized carbons (Fsp3) is 0.667. The van der Waals surface area contributed by atoms with Crippen LogP contribution >= 0.6 is 15.6 Å². The summed E-state index contributed by atoms with van der Waals surface area (Å²) in [5, 5.41) is 20.7. The molecule has 0 bridgehead atoms. The first kappa shape index (κ1) is 106. The number of allylic oxidation sites excluding steroid dienone is 28. The number of carbonyl (C=O) groups is 3. The lowest BCUT2D eigenvalue weighted by Gasteiger charge is -2.21. The first-order chi connectivity index (χ1) is 54.2. The van der Waals surface area contributed by atoms with Crippen LogP contribution < -0.4 is 0 Å². The van der Waals surface area contributed by atoms with E-state index < -0.39 is 91.5 Å². The number of unbranched alkanes of at least 4 members (excludes halogenated alkanes) is 30. The molecule has 5 unspecified atom stereocenters. The lowest BCUT2D eigenvalue weighted by atomic mass is 10.0. The van der Waals surface area contributed by atoms with Crippen LogP contribution in [0.2, 0.25) is 0 Å². The maximum atomic E-state index is 13.0. The predicted molar refractivity (Wildman–Crippen MR) is 463 cm³/mol. The van der Waals surface area contributed by atoms with Crippen LogP contribution in [0, 0.1) is 0 Å². The molecule has 0 spiro atoms. The summed E-state index contributed by atoms with van der Waals surface area (Å²) in [7, 11) is -9.83. The largest absolute Gasteiger partial charge is 0.472 e. The third-order valence-corrected chi connectivity index (χ3v) is 19.8. The number of hydrogen-bond donors (Lipinski definition) is 4. The van der Waals surface area contributed by atoms with Crippen molar-refractivity contribution in [1.82, 2.24) is 0 Å². The van der Waals surface area contributed by atoms with Crippen LogP contribution in [-0.2, 0) is 55.8 Å². The van der Waals surface area contributed by atoms with E-state index in [-0.39, 0.29) is 19.3 Å². The highest BCUT2D eigenvalue weighted by Gasteiger charge is 2.29. The monoisotopic (exact) mass is 1590 g/mol. The van der Waals surface area contributed by atoms with Crippen molar-refractivity contribution in [3.63, 3.8) is 0 Å². The van der Waals surface area contributed by atoms with Crippen LogP contribution in [0.5, 0.6) is 0 Å². The molecule has 0 aliphatic carbocycles. The maximum absolute atomic E-state index is 13.0. The topological polar surface area (TPSA) is 231 Å². The summed E-state index contributed by atoms with van der Waals surface area (Å²) in [6.45, 7) is 2.37. The quantitative estimate of drug-likeness (QED) is 0.0146. The van der Waals surface area contributed by atoms with Crippen molar-refractivity contribution in [1.29, 1.82) is 0 Å². The van der Waals surface area contributed by atoms with E-state index in [1.807, 2.05) is 12.2 Å². The summed E-state index contributed by atoms with van der Waals surface area (Å²) >= 11 is 0. The highest BCUT2D eigenvalue weighted by molar-refractivity contribution is 7.47. The normalized spacial score (nSPS) is 14.7. The molecule has 0 heterocycles. The molecule has 0 rings (SSSR count). The maximum Gasteiger partial charge on any atom is 0.472 e. The van der Waals surface area contributed by atoms with Gasteiger partial charge in [0.1, 0.15) is 25.4 Å². The van der Waals surface area contributed by atoms with Gasteiger partial charge < -0.3 is 34.2 Å². The highest BCUT2D eigenvalue weighted by atomic mass is 31.2. The second-order valence-electron chi connectivity index (χ2n) is 28.6. The number of esters is 3. The van der Waals surface area contributed by atoms with Gasteiger partial charge in [0.25, 0.3) is 0 Å². The van der Waals surface area contributed by atoms with E-state index in [0.29, 0.717) is 25.7 Å². The molecule has 0 saturated carbocycles. The molecular formula is C93H156O16P2. The number of aliphatic hydroxyl groups excluding tert-OH is 2. The van der Waals surface area contributed by atoms with Crippen LogP contribution in [0.4, 0.5) is 0 Å². The minimum atomic E-state index is -4.96. The van der Waals surface area contributed by atoms with Crippen LogP contribution in [-0.4, -0.2) is 95.9 Å². The zero-order valence-electron chi connectivity index (χ0n) is 69.6. The summed E-state index contributed by atoms with van der Waals surface area (Å²) in [6.07, 6.45) is 109. The molecule has 5 atom stereocenters. The molecule has 0 aromatic heterocycles. The van der Waals surface area contributed by atoms with E-state index in [4.69, 9.17) is 32.3 Å². The zero-order chi connectivity index (χ0) is 80.8. The molecule has 4 N–H and O–H groups in total. The summed E-state index contributed by atoms with van der Waals surface area (Å²) < 4.78 is 61.2. The Kier molecular flexibility index (Phi) is 80.4. The van der Waals surface area contributed by atoms with Gasteiger partial charge in [0.2, 0.25) is 0 Å². The average Bonchev–Trinajstić information content (AvgIpc) is 0.903. The summed E-state index contributed by atoms with van der Waals surface area (Å²) in [4.78, 5) is 58.8. The Balaban J connectivity index is 4.54. The molecule has 18 heteroatoms. The third-order valence-electron chi connectivity index (χ3n) is 17.9. The van der Waals surface area contributed by atoms with E-state index in [0.717, 1.165) is 135 Å². The zero-order valence-corrected chi connectivity index (χ0v) is 71.4. The van der Waals surface area contributed by atoms with Crippen molar-refractivity contribution in [2.75, 3.05) is 39.6 Å². The molecule has 0 fully saturated rings. The number of carbonyl (C=O) groups excluding carboxylic acids is 3. The Morgan fingerprint density at radius 3 is 0.784 bits per heavy atom. The lowest BCUT2D eigenvalue weighted by Crippen LogP contribution is -2.30. The van der Waals surface area contributed by atoms with Crippen LogP contribution in [0.15, 0.2) is 170 Å². The van der Waals surface area contributed by atoms with Gasteiger partial charge in [-0.05, 0) is 148 Å². The summed E-state index contributed by atoms with van der Waals surface area (Å²) in [6, 6.07) is 0. The molecule has 0 aliphatic rings. The SMILES string of the molecule is CC/C=C\C/C=C\C/C=C\C/C=C\C/C=C\CCCCCCCCCCCC(=O)OCC(COP(=O)(O)OCC(O)COP(=O)(O)OCC(O)COC(=O)CCCCCCCCCCCCCCCCCCC/C=C\C/C=C\C/C=C\C/C=C\CCCCC)OC(=O)CCC/C=C\C/C=C\C/C=C\C/C=C\C/C=C\CC. The number of phosphoric acid groups is 2. The highest BCUT2D eigenvalue weighted by Crippen LogP contribution is 2.45. The summed E-state index contributed by atoms with van der Waals surface area (Å²) in [5.41, 5.74) is 0. The van der Waals surface area contributed by atoms with Gasteiger partial charge in [-0.3, -0.25) is 32.5 Å². The fourth-order valence-electron chi connectivity index (χ4n) is 11.4. The van der Waals surface area contributed by atoms with Gasteiger partial charge in [-0.1, -0.05) is 345 Å². The van der Waals surface area contributed by atoms with E-state index in [1.54, 1.807) is 0 Å². The first-order valence-electron chi connectivity index (χ1n) is 43.4. The molecule has 0 aliphatic heterocycles. The minimum Gasteiger partial charge on any atom is -0.463 e. The van der Waals surface area contributed by atoms with E-state index >= 15 is 0 Å². The number of hydrogen-bond acceptors (Lipinski definition) is 14. The van der Waals surface area contributed by atoms with E-state index in [2.05, 4.69) is 179 Å². The Bertz CT molecular complexity index is 2700. The molecule has 0 aromatic rings. The Labute approximate surface area is 675 Å². The van der Waals surface area contributed by atoms with Crippen LogP contribution in [0.3, 0.4) is 0 Å². The van der Waals surface area contributed by atoms with E-state index in [1.165, 1.54) is 141 Å². The van der Waals surface area contributed by atoms with Gasteiger partial charge in [-0.15, -0.1) is 0 Å². The molecule has 0 aromatic carbocycles. The van der Waals surface area contributed by atoms with Crippen molar-refractivity contribution in [2.24, 2.45) is 0 Å². The summed E-state index contributed by atoms with van der Waals surface area (Å²) in [5.74, 6) is -1.65. The van der Waals surface area contributed by atoms with Gasteiger partial charge in [0.15, 0.2) is 6.10 Å². The van der Waals surface area contributed by atoms with Gasteiger partial charge in [0, 0.05) is 19.3 Å². The van der Waals surface area contributed by atoms with Crippen molar-refractivity contribution in [3.8, 4) is 0 Å². The third kappa shape index (κ3) is 85.6. The van der Waals surface area contributed by atoms with E-state index in [9.17, 15) is 43.5 Å². The molecular weight excluding hydrogens is 1430 g/mol. The number of phosphoric ester groups is 2. The second kappa shape index (κ2) is 84.3. The Morgan fingerprint density at radius 2 is 0.486 bits per heavy atom. The van der Waals surface area contributed by atoms with Crippen molar-refractivity contribution < 1.29 is 75.8 Å². The molecule has 0 radical (unpaired) electrons. The Morgan fingerprint density at radius 1 is 0.261 bits per heavy atom. The number of ether oxygens (including phenoxy) is 3. The van der Waals surface area contributed by atoms with Gasteiger partial charge in [-0.25, -0.2) is 9.13 Å². The molecule has 111 heavy (non-hydrogen) atoms. The van der Waals surface area contributed by atoms with Crippen molar-refractivity contribution in [3.05, 3.63) is 170 Å². The fourth-order valence-corrected chi connectivity index (χ4v) is 13.0. The van der Waals surface area contributed by atoms with Gasteiger partial charge >= 0.3 is 33.6 Å². The molecule has 0 saturated heterocycles. The van der Waals surface area contributed by atoms with Crippen LogP contribution in [0.1, 0.15) is 342 Å². The average molecular weight is 1590 g/mol. The second-order valence-corrected chi connectivity index (χ2v) is 31.5. The number of rotatable bonds is 81. The smallest absolute Gasteiger partial charge is 0.463 e. The molecule has 634 valence electrons. The number of aliphatic hydroxyl groups is 2. The molecule has 0 amide bonds. The van der Waals surface area contributed by atoms with Crippen molar-refractivity contribution in [2.45, 2.75) is 360 Å². The predicted octanol–water partition coefficient (Wildman–Crippen LogP) is 26.3.